The molecule has 2 aliphatic heterocycles. The van der Waals surface area contributed by atoms with Gasteiger partial charge in [0.2, 0.25) is 0 Å². The van der Waals surface area contributed by atoms with Crippen LogP contribution in [0.15, 0.2) is 24.4 Å². The second-order valence-corrected chi connectivity index (χ2v) is 7.08. The van der Waals surface area contributed by atoms with E-state index in [1.165, 1.54) is 0 Å². The largest absolute Gasteiger partial charge is 0.444 e. The van der Waals surface area contributed by atoms with Crippen LogP contribution in [0.2, 0.25) is 0 Å². The Morgan fingerprint density at radius 3 is 2.92 bits per heavy atom. The number of ether oxygens (including phenoxy) is 2. The lowest BCUT2D eigenvalue weighted by Crippen LogP contribution is -2.57. The van der Waals surface area contributed by atoms with Crippen LogP contribution in [0.4, 0.5) is 4.79 Å². The molecule has 2 aliphatic rings. The van der Waals surface area contributed by atoms with Gasteiger partial charge in [0.05, 0.1) is 42.6 Å². The summed E-state index contributed by atoms with van der Waals surface area (Å²) >= 11 is 0. The summed E-state index contributed by atoms with van der Waals surface area (Å²) in [4.78, 5) is 18.7. The van der Waals surface area contributed by atoms with Gasteiger partial charge in [-0.25, -0.2) is 4.79 Å². The average Bonchev–Trinajstić information content (AvgIpc) is 2.52. The molecule has 1 aromatic heterocycles. The number of nitriles is 1. The Bertz CT molecular complexity index is 715. The lowest BCUT2D eigenvalue weighted by atomic mass is 9.92. The van der Waals surface area contributed by atoms with E-state index in [2.05, 4.69) is 11.1 Å². The Morgan fingerprint density at radius 2 is 2.25 bits per heavy atom. The van der Waals surface area contributed by atoms with E-state index in [4.69, 9.17) is 14.7 Å². The molecule has 2 bridgehead atoms. The molecule has 0 aromatic carbocycles. The lowest BCUT2D eigenvalue weighted by Gasteiger charge is -2.44. The predicted octanol–water partition coefficient (Wildman–Crippen LogP) is 2.74. The number of aromatic nitrogens is 1. The van der Waals surface area contributed by atoms with Crippen LogP contribution in [0, 0.1) is 11.3 Å². The van der Waals surface area contributed by atoms with Crippen LogP contribution in [-0.2, 0) is 9.47 Å². The van der Waals surface area contributed by atoms with E-state index in [0.29, 0.717) is 25.2 Å². The third-order valence-corrected chi connectivity index (χ3v) is 4.02. The van der Waals surface area contributed by atoms with Gasteiger partial charge in [0.1, 0.15) is 5.60 Å². The Morgan fingerprint density at radius 1 is 1.46 bits per heavy atom. The van der Waals surface area contributed by atoms with Gasteiger partial charge in [0.25, 0.3) is 0 Å². The molecule has 6 nitrogen and oxygen atoms in total. The number of morpholine rings is 1. The van der Waals surface area contributed by atoms with E-state index < -0.39 is 5.60 Å². The first-order chi connectivity index (χ1) is 11.4. The highest BCUT2D eigenvalue weighted by atomic mass is 16.6. The maximum Gasteiger partial charge on any atom is 0.411 e. The van der Waals surface area contributed by atoms with E-state index in [0.717, 1.165) is 11.3 Å². The van der Waals surface area contributed by atoms with Crippen molar-refractivity contribution in [2.75, 3.05) is 13.2 Å². The van der Waals surface area contributed by atoms with Crippen LogP contribution in [0.1, 0.15) is 38.4 Å². The van der Waals surface area contributed by atoms with Gasteiger partial charge >= 0.3 is 6.09 Å². The summed E-state index contributed by atoms with van der Waals surface area (Å²) < 4.78 is 11.1. The minimum Gasteiger partial charge on any atom is -0.444 e. The van der Waals surface area contributed by atoms with Crippen molar-refractivity contribution in [3.05, 3.63) is 35.7 Å². The number of amides is 1. The molecule has 1 amide bonds. The quantitative estimate of drug-likeness (QED) is 0.793. The molecule has 2 atom stereocenters. The Kier molecular flexibility index (Phi) is 4.29. The number of hydrogen-bond donors (Lipinski definition) is 0. The molecular formula is C18H21N3O3. The van der Waals surface area contributed by atoms with Crippen LogP contribution in [-0.4, -0.2) is 46.9 Å². The van der Waals surface area contributed by atoms with Crippen molar-refractivity contribution < 1.29 is 14.3 Å². The maximum absolute atomic E-state index is 12.5. The number of pyridine rings is 1. The van der Waals surface area contributed by atoms with Crippen LogP contribution < -0.4 is 0 Å². The molecule has 0 spiro atoms. The molecule has 3 rings (SSSR count). The van der Waals surface area contributed by atoms with Crippen molar-refractivity contribution in [3.63, 3.8) is 0 Å². The first-order valence-electron chi connectivity index (χ1n) is 8.03. The highest BCUT2D eigenvalue weighted by Gasteiger charge is 2.40. The molecule has 0 radical (unpaired) electrons. The van der Waals surface area contributed by atoms with E-state index in [1.54, 1.807) is 23.2 Å². The minimum absolute atomic E-state index is 0.0776. The summed E-state index contributed by atoms with van der Waals surface area (Å²) in [5.41, 5.74) is 1.88. The highest BCUT2D eigenvalue weighted by molar-refractivity contribution is 5.74. The van der Waals surface area contributed by atoms with E-state index >= 15 is 0 Å². The van der Waals surface area contributed by atoms with Crippen molar-refractivity contribution in [2.45, 2.75) is 44.9 Å². The van der Waals surface area contributed by atoms with Crippen molar-refractivity contribution >= 4 is 11.7 Å². The molecule has 1 aromatic rings. The second kappa shape index (κ2) is 6.25. The topological polar surface area (TPSA) is 75.5 Å². The van der Waals surface area contributed by atoms with Gasteiger partial charge in [-0.15, -0.1) is 0 Å². The van der Waals surface area contributed by atoms with Crippen molar-refractivity contribution in [1.29, 1.82) is 5.26 Å². The summed E-state index contributed by atoms with van der Waals surface area (Å²) in [6.07, 6.45) is 3.97. The third-order valence-electron chi connectivity index (χ3n) is 4.02. The Labute approximate surface area is 141 Å². The van der Waals surface area contributed by atoms with Gasteiger partial charge < -0.3 is 9.47 Å². The number of hydrogen-bond acceptors (Lipinski definition) is 5. The van der Waals surface area contributed by atoms with E-state index in [1.807, 2.05) is 26.8 Å². The third kappa shape index (κ3) is 3.41. The first-order valence-corrected chi connectivity index (χ1v) is 8.03. The fourth-order valence-corrected chi connectivity index (χ4v) is 3.06. The number of fused-ring (bicyclic) bond motifs is 2. The summed E-state index contributed by atoms with van der Waals surface area (Å²) in [6, 6.07) is 5.35. The number of carbonyl (C=O) groups excluding carboxylic acids is 1. The minimum atomic E-state index is -0.529. The monoisotopic (exact) mass is 327 g/mol. The molecule has 126 valence electrons. The molecule has 6 heteroatoms. The predicted molar refractivity (Wildman–Crippen MR) is 88.0 cm³/mol. The van der Waals surface area contributed by atoms with Gasteiger partial charge in [0, 0.05) is 6.20 Å². The van der Waals surface area contributed by atoms with E-state index in [-0.39, 0.29) is 18.2 Å². The SMILES string of the molecule is CC(C)(C)OC(=O)N1C2C=C(c3cc(C#N)ccn3)CC1COC2. The standard InChI is InChI=1S/C18H21N3O3/c1-18(2,3)24-17(22)21-14-7-13(8-15(21)11-23-10-14)16-6-12(9-19)4-5-20-16/h4-7,14-15H,8,10-11H2,1-3H3. The maximum atomic E-state index is 12.5. The Hall–Kier alpha value is -2.39. The van der Waals surface area contributed by atoms with Crippen LogP contribution in [0.5, 0.6) is 0 Å². The normalized spacial score (nSPS) is 23.2. The zero-order valence-electron chi connectivity index (χ0n) is 14.2. The molecule has 2 unspecified atom stereocenters. The Balaban J connectivity index is 1.87. The fourth-order valence-electron chi connectivity index (χ4n) is 3.06. The molecular weight excluding hydrogens is 306 g/mol. The lowest BCUT2D eigenvalue weighted by molar-refractivity contribution is -0.0511. The summed E-state index contributed by atoms with van der Waals surface area (Å²) in [7, 11) is 0. The van der Waals surface area contributed by atoms with Crippen LogP contribution >= 0.6 is 0 Å². The first kappa shape index (κ1) is 16.5. The van der Waals surface area contributed by atoms with Crippen molar-refractivity contribution in [2.24, 2.45) is 0 Å². The highest BCUT2D eigenvalue weighted by Crippen LogP contribution is 2.33. The molecule has 24 heavy (non-hydrogen) atoms. The van der Waals surface area contributed by atoms with Crippen molar-refractivity contribution in [3.8, 4) is 6.07 Å². The van der Waals surface area contributed by atoms with Gasteiger partial charge in [-0.3, -0.25) is 9.88 Å². The molecule has 3 heterocycles. The molecule has 0 saturated carbocycles. The summed E-state index contributed by atoms with van der Waals surface area (Å²) in [5, 5.41) is 9.06. The van der Waals surface area contributed by atoms with Gasteiger partial charge in [-0.2, -0.15) is 5.26 Å². The molecule has 0 N–H and O–H groups in total. The average molecular weight is 327 g/mol. The number of nitrogens with zero attached hydrogens (tertiary/aromatic N) is 3. The van der Waals surface area contributed by atoms with Gasteiger partial charge in [0.15, 0.2) is 0 Å². The molecule has 1 fully saturated rings. The number of rotatable bonds is 1. The van der Waals surface area contributed by atoms with Gasteiger partial charge in [-0.05, 0) is 44.9 Å². The smallest absolute Gasteiger partial charge is 0.411 e. The summed E-state index contributed by atoms with van der Waals surface area (Å²) in [6.45, 7) is 6.50. The van der Waals surface area contributed by atoms with Gasteiger partial charge in [-0.1, -0.05) is 6.08 Å². The molecule has 1 saturated heterocycles. The summed E-state index contributed by atoms with van der Waals surface area (Å²) in [5.74, 6) is 0. The van der Waals surface area contributed by atoms with Crippen molar-refractivity contribution in [1.82, 2.24) is 9.88 Å². The second-order valence-electron chi connectivity index (χ2n) is 7.08. The number of carbonyl (C=O) groups is 1. The zero-order valence-corrected chi connectivity index (χ0v) is 14.2. The molecule has 0 aliphatic carbocycles. The fraction of sp³-hybridized carbons (Fsp3) is 0.500. The van der Waals surface area contributed by atoms with Crippen LogP contribution in [0.25, 0.3) is 5.57 Å². The van der Waals surface area contributed by atoms with E-state index in [9.17, 15) is 4.79 Å². The zero-order chi connectivity index (χ0) is 17.3. The van der Waals surface area contributed by atoms with Crippen LogP contribution in [0.3, 0.4) is 0 Å².